The van der Waals surface area contributed by atoms with Crippen molar-refractivity contribution < 1.29 is 17.9 Å². The fraction of sp³-hybridized carbons (Fsp3) is 0.375. The van der Waals surface area contributed by atoms with Gasteiger partial charge in [-0.05, 0) is 56.9 Å². The Kier molecular flexibility index (Phi) is 6.90. The number of methoxy groups -OCH3 is 1. The second-order valence-corrected chi connectivity index (χ2v) is 11.1. The minimum absolute atomic E-state index is 0.0117. The first kappa shape index (κ1) is 24.2. The quantitative estimate of drug-likeness (QED) is 0.469. The molecule has 1 amide bonds. The van der Waals surface area contributed by atoms with E-state index in [0.717, 1.165) is 41.8 Å². The van der Waals surface area contributed by atoms with Crippen molar-refractivity contribution in [1.82, 2.24) is 9.97 Å². The average molecular weight is 501 g/mol. The zero-order chi connectivity index (χ0) is 24.5. The summed E-state index contributed by atoms with van der Waals surface area (Å²) in [4.78, 5) is 22.2. The van der Waals surface area contributed by atoms with Gasteiger partial charge in [0, 0.05) is 12.0 Å². The van der Waals surface area contributed by atoms with E-state index in [9.17, 15) is 13.2 Å². The second-order valence-electron chi connectivity index (χ2n) is 8.48. The highest BCUT2D eigenvalue weighted by atomic mass is 32.2. The number of nitrogens with one attached hydrogen (secondary N) is 2. The molecule has 1 aliphatic carbocycles. The van der Waals surface area contributed by atoms with Crippen LogP contribution >= 0.6 is 11.3 Å². The predicted molar refractivity (Wildman–Crippen MR) is 134 cm³/mol. The van der Waals surface area contributed by atoms with Crippen molar-refractivity contribution in [3.63, 3.8) is 0 Å². The van der Waals surface area contributed by atoms with Crippen molar-refractivity contribution in [3.05, 3.63) is 47.3 Å². The summed E-state index contributed by atoms with van der Waals surface area (Å²) in [6, 6.07) is 8.53. The first-order valence-electron chi connectivity index (χ1n) is 11.1. The molecule has 4 rings (SSSR count). The van der Waals surface area contributed by atoms with Gasteiger partial charge in [-0.25, -0.2) is 18.4 Å². The maximum absolute atomic E-state index is 13.3. The number of ether oxygens (including phenoxy) is 1. The van der Waals surface area contributed by atoms with Gasteiger partial charge in [0.25, 0.3) is 10.0 Å². The molecule has 1 saturated carbocycles. The van der Waals surface area contributed by atoms with Gasteiger partial charge < -0.3 is 10.1 Å². The summed E-state index contributed by atoms with van der Waals surface area (Å²) >= 11 is 1.35. The van der Waals surface area contributed by atoms with Gasteiger partial charge in [-0.15, -0.1) is 0 Å². The van der Waals surface area contributed by atoms with E-state index in [0.29, 0.717) is 28.0 Å². The van der Waals surface area contributed by atoms with E-state index in [1.807, 2.05) is 13.0 Å². The molecule has 0 spiro atoms. The van der Waals surface area contributed by atoms with Crippen LogP contribution in [0.2, 0.25) is 0 Å². The van der Waals surface area contributed by atoms with Crippen LogP contribution in [0, 0.1) is 26.7 Å². The monoisotopic (exact) mass is 500 g/mol. The summed E-state index contributed by atoms with van der Waals surface area (Å²) < 4.78 is 34.2. The number of aryl methyl sites for hydroxylation is 3. The third-order valence-electron chi connectivity index (χ3n) is 6.01. The van der Waals surface area contributed by atoms with Crippen LogP contribution in [0.3, 0.4) is 0 Å². The molecule has 2 heterocycles. The van der Waals surface area contributed by atoms with E-state index in [1.54, 1.807) is 38.1 Å². The van der Waals surface area contributed by atoms with E-state index >= 15 is 0 Å². The molecule has 2 aromatic heterocycles. The molecule has 0 atom stereocenters. The third kappa shape index (κ3) is 5.07. The molecular weight excluding hydrogens is 472 g/mol. The van der Waals surface area contributed by atoms with E-state index in [4.69, 9.17) is 4.74 Å². The molecule has 3 aromatic rings. The molecule has 0 saturated heterocycles. The van der Waals surface area contributed by atoms with Crippen LogP contribution in [-0.2, 0) is 14.8 Å². The number of sulfonamides is 1. The number of hydrogen-bond donors (Lipinski definition) is 2. The Labute approximate surface area is 203 Å². The lowest BCUT2D eigenvalue weighted by Gasteiger charge is -2.13. The van der Waals surface area contributed by atoms with Crippen molar-refractivity contribution in [2.75, 3.05) is 17.1 Å². The first-order chi connectivity index (χ1) is 16.2. The van der Waals surface area contributed by atoms with Gasteiger partial charge in [-0.1, -0.05) is 36.3 Å². The Morgan fingerprint density at radius 3 is 2.47 bits per heavy atom. The lowest BCUT2D eigenvalue weighted by molar-refractivity contribution is -0.119. The largest absolute Gasteiger partial charge is 0.481 e. The van der Waals surface area contributed by atoms with Crippen molar-refractivity contribution in [3.8, 4) is 16.3 Å². The molecule has 0 bridgehead atoms. The lowest BCUT2D eigenvalue weighted by atomic mass is 10.1. The number of thiazole rings is 1. The van der Waals surface area contributed by atoms with Crippen molar-refractivity contribution >= 4 is 38.1 Å². The molecule has 8 nitrogen and oxygen atoms in total. The fourth-order valence-electron chi connectivity index (χ4n) is 4.10. The zero-order valence-electron chi connectivity index (χ0n) is 19.6. The fourth-order valence-corrected chi connectivity index (χ4v) is 6.46. The van der Waals surface area contributed by atoms with E-state index in [-0.39, 0.29) is 16.7 Å². The summed E-state index contributed by atoms with van der Waals surface area (Å²) in [5.74, 6) is 0.471. The summed E-state index contributed by atoms with van der Waals surface area (Å²) in [6.07, 6.45) is 4.00. The van der Waals surface area contributed by atoms with Crippen molar-refractivity contribution in [2.45, 2.75) is 51.3 Å². The topological polar surface area (TPSA) is 110 Å². The lowest BCUT2D eigenvalue weighted by Crippen LogP contribution is -2.20. The Morgan fingerprint density at radius 2 is 1.79 bits per heavy atom. The number of rotatable bonds is 7. The van der Waals surface area contributed by atoms with E-state index < -0.39 is 10.0 Å². The standard InChI is InChI=1S/C24H28N4O4S2/c1-14-9-10-18(22-16(3)26-24(33-22)27-23(29)17-7-5-6-8-17)13-20(14)34(30,31)28-19-11-12-21(32-4)25-15(19)2/h9-13,17,28H,5-8H2,1-4H3,(H,26,27,29). The number of pyridine rings is 1. The molecule has 1 aromatic carbocycles. The van der Waals surface area contributed by atoms with Gasteiger partial charge in [0.15, 0.2) is 5.13 Å². The van der Waals surface area contributed by atoms with Crippen LogP contribution in [0.25, 0.3) is 10.4 Å². The molecule has 0 unspecified atom stereocenters. The second kappa shape index (κ2) is 9.71. The summed E-state index contributed by atoms with van der Waals surface area (Å²) in [7, 11) is -2.36. The molecule has 10 heteroatoms. The maximum Gasteiger partial charge on any atom is 0.262 e. The van der Waals surface area contributed by atoms with E-state index in [1.165, 1.54) is 18.4 Å². The van der Waals surface area contributed by atoms with Crippen LogP contribution in [0.1, 0.15) is 42.6 Å². The Bertz CT molecular complexity index is 1330. The number of carbonyl (C=O) groups is 1. The Hall–Kier alpha value is -2.98. The van der Waals surface area contributed by atoms with Gasteiger partial charge in [0.05, 0.1) is 34.0 Å². The maximum atomic E-state index is 13.3. The third-order valence-corrected chi connectivity index (χ3v) is 8.64. The van der Waals surface area contributed by atoms with Crippen LogP contribution in [0.5, 0.6) is 5.88 Å². The number of amides is 1. The van der Waals surface area contributed by atoms with E-state index in [2.05, 4.69) is 20.0 Å². The van der Waals surface area contributed by atoms with Crippen LogP contribution in [0.4, 0.5) is 10.8 Å². The predicted octanol–water partition coefficient (Wildman–Crippen LogP) is 5.07. The average Bonchev–Trinajstić information content (AvgIpc) is 3.45. The highest BCUT2D eigenvalue weighted by molar-refractivity contribution is 7.92. The van der Waals surface area contributed by atoms with Gasteiger partial charge in [0.2, 0.25) is 11.8 Å². The zero-order valence-corrected chi connectivity index (χ0v) is 21.3. The van der Waals surface area contributed by atoms with Crippen molar-refractivity contribution in [1.29, 1.82) is 0 Å². The normalized spacial score (nSPS) is 14.2. The highest BCUT2D eigenvalue weighted by Crippen LogP contribution is 2.36. The molecule has 180 valence electrons. The van der Waals surface area contributed by atoms with Gasteiger partial charge in [-0.2, -0.15) is 0 Å². The minimum Gasteiger partial charge on any atom is -0.481 e. The molecule has 0 radical (unpaired) electrons. The Morgan fingerprint density at radius 1 is 1.06 bits per heavy atom. The van der Waals surface area contributed by atoms with Crippen molar-refractivity contribution in [2.24, 2.45) is 5.92 Å². The van der Waals surface area contributed by atoms with Gasteiger partial charge >= 0.3 is 0 Å². The smallest absolute Gasteiger partial charge is 0.262 e. The first-order valence-corrected chi connectivity index (χ1v) is 13.4. The minimum atomic E-state index is -3.87. The number of anilines is 2. The van der Waals surface area contributed by atoms with Gasteiger partial charge in [-0.3, -0.25) is 9.52 Å². The number of benzene rings is 1. The SMILES string of the molecule is COc1ccc(NS(=O)(=O)c2cc(-c3sc(NC(=O)C4CCCC4)nc3C)ccc2C)c(C)n1. The Balaban J connectivity index is 1.61. The highest BCUT2D eigenvalue weighted by Gasteiger charge is 2.24. The molecule has 0 aliphatic heterocycles. The number of nitrogens with zero attached hydrogens (tertiary/aromatic N) is 2. The summed E-state index contributed by atoms with van der Waals surface area (Å²) in [5, 5.41) is 3.47. The number of carbonyl (C=O) groups excluding carboxylic acids is 1. The van der Waals surface area contributed by atoms with Crippen LogP contribution < -0.4 is 14.8 Å². The van der Waals surface area contributed by atoms with Gasteiger partial charge in [0.1, 0.15) is 0 Å². The summed E-state index contributed by atoms with van der Waals surface area (Å²) in [5.41, 5.74) is 2.98. The number of hydrogen-bond acceptors (Lipinski definition) is 7. The molecule has 2 N–H and O–H groups in total. The number of aromatic nitrogens is 2. The van der Waals surface area contributed by atoms with Crippen LogP contribution in [0.15, 0.2) is 35.2 Å². The molecule has 1 aliphatic rings. The molecule has 34 heavy (non-hydrogen) atoms. The summed E-state index contributed by atoms with van der Waals surface area (Å²) in [6.45, 7) is 5.33. The molecular formula is C24H28N4O4S2. The van der Waals surface area contributed by atoms with Crippen LogP contribution in [-0.4, -0.2) is 31.4 Å². The molecule has 1 fully saturated rings.